The molecule has 0 radical (unpaired) electrons. The predicted molar refractivity (Wildman–Crippen MR) is 50.9 cm³/mol. The van der Waals surface area contributed by atoms with Crippen LogP contribution in [0.25, 0.3) is 0 Å². The first-order chi connectivity index (χ1) is 5.63. The van der Waals surface area contributed by atoms with Crippen LogP contribution in [-0.2, 0) is 4.79 Å². The standard InChI is InChI=1S/C11H18O/c1-5-9-7(3)11(12)8(4)10(9)6-2/h7,9H,5-6H2,1-4H3. The molecule has 68 valence electrons. The fourth-order valence-corrected chi connectivity index (χ4v) is 2.39. The maximum Gasteiger partial charge on any atom is 0.161 e. The zero-order valence-corrected chi connectivity index (χ0v) is 8.48. The van der Waals surface area contributed by atoms with Crippen LogP contribution in [0, 0.1) is 11.8 Å². The van der Waals surface area contributed by atoms with Gasteiger partial charge in [0.2, 0.25) is 0 Å². The van der Waals surface area contributed by atoms with E-state index in [1.54, 1.807) is 0 Å². The SMILES string of the molecule is CCC1=C(C)C(=O)C(C)C1CC. The van der Waals surface area contributed by atoms with Crippen LogP contribution < -0.4 is 0 Å². The number of Topliss-reactive ketones (excluding diaryl/α,β-unsaturated/α-hetero) is 1. The molecule has 0 saturated heterocycles. The Hall–Kier alpha value is -0.590. The van der Waals surface area contributed by atoms with E-state index < -0.39 is 0 Å². The topological polar surface area (TPSA) is 17.1 Å². The van der Waals surface area contributed by atoms with Crippen molar-refractivity contribution in [1.29, 1.82) is 0 Å². The minimum Gasteiger partial charge on any atom is -0.294 e. The van der Waals surface area contributed by atoms with Crippen LogP contribution in [0.4, 0.5) is 0 Å². The minimum atomic E-state index is 0.241. The van der Waals surface area contributed by atoms with E-state index >= 15 is 0 Å². The number of ketones is 1. The van der Waals surface area contributed by atoms with E-state index in [4.69, 9.17) is 0 Å². The van der Waals surface area contributed by atoms with Crippen LogP contribution >= 0.6 is 0 Å². The molecule has 0 spiro atoms. The summed E-state index contributed by atoms with van der Waals surface area (Å²) >= 11 is 0. The zero-order valence-electron chi connectivity index (χ0n) is 8.48. The summed E-state index contributed by atoms with van der Waals surface area (Å²) in [5.41, 5.74) is 2.44. The molecule has 1 heteroatoms. The Kier molecular flexibility index (Phi) is 2.71. The summed E-state index contributed by atoms with van der Waals surface area (Å²) < 4.78 is 0. The normalized spacial score (nSPS) is 30.2. The third kappa shape index (κ3) is 1.21. The number of rotatable bonds is 2. The lowest BCUT2D eigenvalue weighted by Gasteiger charge is -2.15. The molecule has 2 unspecified atom stereocenters. The first-order valence-electron chi connectivity index (χ1n) is 4.87. The Morgan fingerprint density at radius 3 is 2.25 bits per heavy atom. The Labute approximate surface area is 74.9 Å². The molecule has 1 aliphatic carbocycles. The summed E-state index contributed by atoms with van der Waals surface area (Å²) in [5, 5.41) is 0. The zero-order chi connectivity index (χ0) is 9.30. The summed E-state index contributed by atoms with van der Waals surface area (Å²) in [4.78, 5) is 11.6. The molecule has 0 heterocycles. The Balaban J connectivity index is 2.97. The summed E-state index contributed by atoms with van der Waals surface area (Å²) in [5.74, 6) is 1.14. The van der Waals surface area contributed by atoms with E-state index in [0.717, 1.165) is 18.4 Å². The molecule has 0 aliphatic heterocycles. The maximum absolute atomic E-state index is 11.6. The highest BCUT2D eigenvalue weighted by Gasteiger charge is 2.34. The van der Waals surface area contributed by atoms with Gasteiger partial charge in [0.1, 0.15) is 0 Å². The van der Waals surface area contributed by atoms with Crippen LogP contribution in [0.5, 0.6) is 0 Å². The summed E-state index contributed by atoms with van der Waals surface area (Å²) in [6.45, 7) is 8.35. The van der Waals surface area contributed by atoms with Crippen molar-refractivity contribution in [3.8, 4) is 0 Å². The third-order valence-corrected chi connectivity index (χ3v) is 3.14. The van der Waals surface area contributed by atoms with Gasteiger partial charge in [0.25, 0.3) is 0 Å². The minimum absolute atomic E-state index is 0.241. The molecule has 0 aromatic rings. The molecule has 1 nitrogen and oxygen atoms in total. The van der Waals surface area contributed by atoms with Crippen LogP contribution in [-0.4, -0.2) is 5.78 Å². The molecule has 0 amide bonds. The molecule has 0 N–H and O–H groups in total. The highest BCUT2D eigenvalue weighted by atomic mass is 16.1. The molecule has 0 saturated carbocycles. The fourth-order valence-electron chi connectivity index (χ4n) is 2.39. The first-order valence-corrected chi connectivity index (χ1v) is 4.87. The van der Waals surface area contributed by atoms with Crippen molar-refractivity contribution >= 4 is 5.78 Å². The molecule has 0 bridgehead atoms. The van der Waals surface area contributed by atoms with Gasteiger partial charge in [-0.1, -0.05) is 26.3 Å². The average Bonchev–Trinajstić information content (AvgIpc) is 2.29. The van der Waals surface area contributed by atoms with Gasteiger partial charge in [-0.25, -0.2) is 0 Å². The second kappa shape index (κ2) is 3.42. The van der Waals surface area contributed by atoms with Crippen molar-refractivity contribution in [3.05, 3.63) is 11.1 Å². The van der Waals surface area contributed by atoms with Crippen LogP contribution in [0.3, 0.4) is 0 Å². The van der Waals surface area contributed by atoms with Gasteiger partial charge in [0, 0.05) is 5.92 Å². The number of hydrogen-bond donors (Lipinski definition) is 0. The quantitative estimate of drug-likeness (QED) is 0.616. The molecule has 0 aromatic heterocycles. The highest BCUT2D eigenvalue weighted by molar-refractivity contribution is 6.00. The van der Waals surface area contributed by atoms with E-state index in [9.17, 15) is 4.79 Å². The number of hydrogen-bond acceptors (Lipinski definition) is 1. The summed E-state index contributed by atoms with van der Waals surface area (Å²) in [6.07, 6.45) is 2.15. The molecule has 2 atom stereocenters. The van der Waals surface area contributed by atoms with Crippen LogP contribution in [0.1, 0.15) is 40.5 Å². The maximum atomic E-state index is 11.6. The fraction of sp³-hybridized carbons (Fsp3) is 0.727. The molecule has 0 fully saturated rings. The summed E-state index contributed by atoms with van der Waals surface area (Å²) in [6, 6.07) is 0. The lowest BCUT2D eigenvalue weighted by Crippen LogP contribution is -2.13. The average molecular weight is 166 g/mol. The largest absolute Gasteiger partial charge is 0.294 e. The second-order valence-electron chi connectivity index (χ2n) is 3.67. The van der Waals surface area contributed by atoms with E-state index in [2.05, 4.69) is 20.8 Å². The lowest BCUT2D eigenvalue weighted by molar-refractivity contribution is -0.118. The lowest BCUT2D eigenvalue weighted by atomic mass is 9.89. The van der Waals surface area contributed by atoms with E-state index in [1.165, 1.54) is 5.57 Å². The van der Waals surface area contributed by atoms with Gasteiger partial charge in [-0.15, -0.1) is 0 Å². The van der Waals surface area contributed by atoms with E-state index in [-0.39, 0.29) is 5.92 Å². The second-order valence-corrected chi connectivity index (χ2v) is 3.67. The Morgan fingerprint density at radius 2 is 1.92 bits per heavy atom. The molecule has 1 rings (SSSR count). The van der Waals surface area contributed by atoms with Crippen LogP contribution in [0.2, 0.25) is 0 Å². The van der Waals surface area contributed by atoms with Crippen molar-refractivity contribution in [2.75, 3.05) is 0 Å². The molecule has 1 aliphatic rings. The number of carbonyl (C=O) groups excluding carboxylic acids is 1. The van der Waals surface area contributed by atoms with Gasteiger partial charge in [0.15, 0.2) is 5.78 Å². The van der Waals surface area contributed by atoms with Gasteiger partial charge in [0.05, 0.1) is 0 Å². The molecular weight excluding hydrogens is 148 g/mol. The van der Waals surface area contributed by atoms with Gasteiger partial charge in [-0.05, 0) is 31.3 Å². The molecular formula is C11H18O. The first kappa shape index (κ1) is 9.50. The molecule has 12 heavy (non-hydrogen) atoms. The van der Waals surface area contributed by atoms with Gasteiger partial charge < -0.3 is 0 Å². The highest BCUT2D eigenvalue weighted by Crippen LogP contribution is 2.37. The predicted octanol–water partition coefficient (Wildman–Crippen LogP) is 2.96. The van der Waals surface area contributed by atoms with Crippen molar-refractivity contribution in [2.24, 2.45) is 11.8 Å². The molecule has 0 aromatic carbocycles. The van der Waals surface area contributed by atoms with Gasteiger partial charge in [-0.3, -0.25) is 4.79 Å². The Bertz CT molecular complexity index is 225. The third-order valence-electron chi connectivity index (χ3n) is 3.14. The van der Waals surface area contributed by atoms with Crippen molar-refractivity contribution in [2.45, 2.75) is 40.5 Å². The van der Waals surface area contributed by atoms with Crippen molar-refractivity contribution in [3.63, 3.8) is 0 Å². The Morgan fingerprint density at radius 1 is 1.33 bits per heavy atom. The van der Waals surface area contributed by atoms with Gasteiger partial charge in [-0.2, -0.15) is 0 Å². The van der Waals surface area contributed by atoms with Crippen molar-refractivity contribution in [1.82, 2.24) is 0 Å². The smallest absolute Gasteiger partial charge is 0.161 e. The van der Waals surface area contributed by atoms with Crippen LogP contribution in [0.15, 0.2) is 11.1 Å². The summed E-state index contributed by atoms with van der Waals surface area (Å²) in [7, 11) is 0. The van der Waals surface area contributed by atoms with E-state index in [1.807, 2.05) is 6.92 Å². The van der Waals surface area contributed by atoms with E-state index in [0.29, 0.717) is 11.7 Å². The van der Waals surface area contributed by atoms with Crippen molar-refractivity contribution < 1.29 is 4.79 Å². The van der Waals surface area contributed by atoms with Gasteiger partial charge >= 0.3 is 0 Å². The number of allylic oxidation sites excluding steroid dienone is 2. The monoisotopic (exact) mass is 166 g/mol. The number of carbonyl (C=O) groups is 1.